The highest BCUT2D eigenvalue weighted by atomic mass is 35.5. The predicted molar refractivity (Wildman–Crippen MR) is 57.3 cm³/mol. The first-order valence-electron chi connectivity index (χ1n) is 4.05. The zero-order valence-corrected chi connectivity index (χ0v) is 9.22. The van der Waals surface area contributed by atoms with Crippen LogP contribution in [0.2, 0.25) is 5.02 Å². The number of thioether (sulfide) groups is 1. The van der Waals surface area contributed by atoms with E-state index in [2.05, 4.69) is 26.0 Å². The van der Waals surface area contributed by atoms with Crippen LogP contribution in [0.25, 0.3) is 0 Å². The van der Waals surface area contributed by atoms with Crippen molar-refractivity contribution >= 4 is 23.4 Å². The van der Waals surface area contributed by atoms with Crippen molar-refractivity contribution in [2.45, 2.75) is 25.7 Å². The van der Waals surface area contributed by atoms with Gasteiger partial charge < -0.3 is 0 Å². The van der Waals surface area contributed by atoms with Crippen LogP contribution in [0.15, 0.2) is 17.0 Å². The lowest BCUT2D eigenvalue weighted by atomic mass is 10.1. The molecule has 0 bridgehead atoms. The third-order valence-corrected chi connectivity index (χ3v) is 3.45. The van der Waals surface area contributed by atoms with Crippen LogP contribution in [-0.2, 0) is 0 Å². The Bertz CT molecular complexity index is 281. The number of halogens is 1. The normalized spacial score (nSPS) is 10.3. The molecule has 0 saturated heterocycles. The fourth-order valence-electron chi connectivity index (χ4n) is 1.11. The average Bonchev–Trinajstić information content (AvgIpc) is 2.07. The number of hydrogen-bond donors (Lipinski definition) is 0. The molecule has 0 heterocycles. The summed E-state index contributed by atoms with van der Waals surface area (Å²) in [5.74, 6) is 1.10. The standard InChI is InChI=1S/C10H13ClS/c1-4-12-9-6-5-7(2)10(11)8(9)3/h5-6H,4H2,1-3H3. The van der Waals surface area contributed by atoms with Crippen molar-refractivity contribution in [3.8, 4) is 0 Å². The van der Waals surface area contributed by atoms with Crippen LogP contribution >= 0.6 is 23.4 Å². The van der Waals surface area contributed by atoms with Gasteiger partial charge in [-0.25, -0.2) is 0 Å². The fourth-order valence-corrected chi connectivity index (χ4v) is 2.13. The number of aryl methyl sites for hydroxylation is 1. The maximum atomic E-state index is 6.11. The van der Waals surface area contributed by atoms with Crippen molar-refractivity contribution in [1.29, 1.82) is 0 Å². The average molecular weight is 201 g/mol. The molecule has 0 saturated carbocycles. The van der Waals surface area contributed by atoms with E-state index in [9.17, 15) is 0 Å². The van der Waals surface area contributed by atoms with Gasteiger partial charge in [-0.2, -0.15) is 0 Å². The van der Waals surface area contributed by atoms with Crippen molar-refractivity contribution in [2.24, 2.45) is 0 Å². The molecule has 0 N–H and O–H groups in total. The summed E-state index contributed by atoms with van der Waals surface area (Å²) in [6.45, 7) is 6.26. The first kappa shape index (κ1) is 9.94. The molecule has 2 heteroatoms. The van der Waals surface area contributed by atoms with E-state index >= 15 is 0 Å². The van der Waals surface area contributed by atoms with E-state index in [0.29, 0.717) is 0 Å². The molecule has 0 aliphatic heterocycles. The molecule has 66 valence electrons. The largest absolute Gasteiger partial charge is 0.126 e. The third kappa shape index (κ3) is 1.96. The summed E-state index contributed by atoms with van der Waals surface area (Å²) in [6.07, 6.45) is 0. The summed E-state index contributed by atoms with van der Waals surface area (Å²) in [6, 6.07) is 4.22. The minimum Gasteiger partial charge on any atom is -0.126 e. The molecule has 12 heavy (non-hydrogen) atoms. The van der Waals surface area contributed by atoms with E-state index in [1.807, 2.05) is 18.7 Å². The number of rotatable bonds is 2. The second-order valence-electron chi connectivity index (χ2n) is 2.75. The van der Waals surface area contributed by atoms with E-state index in [1.165, 1.54) is 10.5 Å². The first-order chi connectivity index (χ1) is 5.66. The Hall–Kier alpha value is -0.140. The van der Waals surface area contributed by atoms with Crippen molar-refractivity contribution in [3.05, 3.63) is 28.3 Å². The minimum atomic E-state index is 0.911. The van der Waals surface area contributed by atoms with Gasteiger partial charge in [-0.1, -0.05) is 24.6 Å². The zero-order valence-electron chi connectivity index (χ0n) is 7.65. The van der Waals surface area contributed by atoms with Gasteiger partial charge in [0.15, 0.2) is 0 Å². The maximum absolute atomic E-state index is 6.11. The molecule has 0 nitrogen and oxygen atoms in total. The van der Waals surface area contributed by atoms with Gasteiger partial charge in [-0.3, -0.25) is 0 Å². The molecular weight excluding hydrogens is 188 g/mol. The van der Waals surface area contributed by atoms with Gasteiger partial charge in [0.1, 0.15) is 0 Å². The number of hydrogen-bond acceptors (Lipinski definition) is 1. The lowest BCUT2D eigenvalue weighted by Crippen LogP contribution is -1.85. The van der Waals surface area contributed by atoms with Crippen LogP contribution in [0.4, 0.5) is 0 Å². The SMILES string of the molecule is CCSc1ccc(C)c(Cl)c1C. The lowest BCUT2D eigenvalue weighted by molar-refractivity contribution is 1.26. The molecule has 1 aromatic carbocycles. The van der Waals surface area contributed by atoms with Crippen LogP contribution in [0.3, 0.4) is 0 Å². The molecule has 1 aromatic rings. The van der Waals surface area contributed by atoms with E-state index < -0.39 is 0 Å². The molecule has 1 rings (SSSR count). The van der Waals surface area contributed by atoms with Gasteiger partial charge in [-0.15, -0.1) is 11.8 Å². The summed E-state index contributed by atoms with van der Waals surface area (Å²) in [5.41, 5.74) is 2.37. The Morgan fingerprint density at radius 3 is 2.58 bits per heavy atom. The summed E-state index contributed by atoms with van der Waals surface area (Å²) < 4.78 is 0. The van der Waals surface area contributed by atoms with Gasteiger partial charge in [0, 0.05) is 9.92 Å². The van der Waals surface area contributed by atoms with Gasteiger partial charge in [0.2, 0.25) is 0 Å². The fraction of sp³-hybridized carbons (Fsp3) is 0.400. The molecule has 0 aliphatic rings. The van der Waals surface area contributed by atoms with Crippen LogP contribution in [0.1, 0.15) is 18.1 Å². The monoisotopic (exact) mass is 200 g/mol. The van der Waals surface area contributed by atoms with E-state index in [-0.39, 0.29) is 0 Å². The Kier molecular flexibility index (Phi) is 3.48. The van der Waals surface area contributed by atoms with Gasteiger partial charge in [0.25, 0.3) is 0 Å². The van der Waals surface area contributed by atoms with Gasteiger partial charge >= 0.3 is 0 Å². The molecule has 0 unspecified atom stereocenters. The van der Waals surface area contributed by atoms with Gasteiger partial charge in [0.05, 0.1) is 0 Å². The third-order valence-electron chi connectivity index (χ3n) is 1.83. The van der Waals surface area contributed by atoms with E-state index in [1.54, 1.807) is 0 Å². The summed E-state index contributed by atoms with van der Waals surface area (Å²) in [5, 5.41) is 0.911. The molecule has 0 aromatic heterocycles. The maximum Gasteiger partial charge on any atom is 0.0475 e. The highest BCUT2D eigenvalue weighted by Gasteiger charge is 2.04. The molecule has 0 aliphatic carbocycles. The van der Waals surface area contributed by atoms with E-state index in [0.717, 1.165) is 16.3 Å². The van der Waals surface area contributed by atoms with Crippen LogP contribution in [-0.4, -0.2) is 5.75 Å². The summed E-state index contributed by atoms with van der Waals surface area (Å²) >= 11 is 7.95. The van der Waals surface area contributed by atoms with Crippen molar-refractivity contribution in [3.63, 3.8) is 0 Å². The van der Waals surface area contributed by atoms with Crippen LogP contribution in [0, 0.1) is 13.8 Å². The lowest BCUT2D eigenvalue weighted by Gasteiger charge is -2.07. The van der Waals surface area contributed by atoms with Crippen molar-refractivity contribution < 1.29 is 0 Å². The van der Waals surface area contributed by atoms with Crippen LogP contribution < -0.4 is 0 Å². The predicted octanol–water partition coefficient (Wildman–Crippen LogP) is 4.07. The summed E-state index contributed by atoms with van der Waals surface area (Å²) in [7, 11) is 0. The Morgan fingerprint density at radius 1 is 1.33 bits per heavy atom. The minimum absolute atomic E-state index is 0.911. The Balaban J connectivity index is 3.08. The molecule has 0 fully saturated rings. The first-order valence-corrected chi connectivity index (χ1v) is 5.41. The molecule has 0 amide bonds. The molecular formula is C10H13ClS. The molecule has 0 radical (unpaired) electrons. The summed E-state index contributed by atoms with van der Waals surface area (Å²) in [4.78, 5) is 1.30. The second kappa shape index (κ2) is 4.20. The highest BCUT2D eigenvalue weighted by Crippen LogP contribution is 2.29. The van der Waals surface area contributed by atoms with E-state index in [4.69, 9.17) is 11.6 Å². The van der Waals surface area contributed by atoms with Crippen LogP contribution in [0.5, 0.6) is 0 Å². The number of benzene rings is 1. The topological polar surface area (TPSA) is 0 Å². The Morgan fingerprint density at radius 2 is 2.00 bits per heavy atom. The smallest absolute Gasteiger partial charge is 0.0475 e. The molecule has 0 spiro atoms. The Labute approximate surface area is 83.3 Å². The van der Waals surface area contributed by atoms with Crippen molar-refractivity contribution in [1.82, 2.24) is 0 Å². The van der Waals surface area contributed by atoms with Gasteiger partial charge in [-0.05, 0) is 36.8 Å². The quantitative estimate of drug-likeness (QED) is 0.649. The highest BCUT2D eigenvalue weighted by molar-refractivity contribution is 7.99. The van der Waals surface area contributed by atoms with Crippen molar-refractivity contribution in [2.75, 3.05) is 5.75 Å². The second-order valence-corrected chi connectivity index (χ2v) is 4.44. The zero-order chi connectivity index (χ0) is 9.14. The molecule has 0 atom stereocenters.